The Hall–Kier alpha value is -2.27. The lowest BCUT2D eigenvalue weighted by atomic mass is 9.96. The van der Waals surface area contributed by atoms with Crippen molar-refractivity contribution in [1.29, 1.82) is 0 Å². The quantitative estimate of drug-likeness (QED) is 0.846. The molecule has 0 spiro atoms. The fourth-order valence-electron chi connectivity index (χ4n) is 2.08. The van der Waals surface area contributed by atoms with Gasteiger partial charge in [-0.15, -0.1) is 0 Å². The number of carbonyl (C=O) groups is 1. The molecule has 2 N–H and O–H groups in total. The molecule has 2 rings (SSSR count). The van der Waals surface area contributed by atoms with Crippen LogP contribution >= 0.6 is 0 Å². The summed E-state index contributed by atoms with van der Waals surface area (Å²) in [6, 6.07) is 9.84. The Morgan fingerprint density at radius 3 is 2.62 bits per heavy atom. The number of aromatic nitrogens is 2. The Morgan fingerprint density at radius 1 is 1.24 bits per heavy atom. The summed E-state index contributed by atoms with van der Waals surface area (Å²) in [5.74, 6) is -0.167. The van der Waals surface area contributed by atoms with Crippen molar-refractivity contribution in [3.8, 4) is 0 Å². The maximum absolute atomic E-state index is 12.0. The fraction of sp³-hybridized carbons (Fsp3) is 0.312. The second-order valence-corrected chi connectivity index (χ2v) is 4.87. The SMILES string of the molecule is Cc1cnc(C(=O)NCC(CCO)c2ccccc2)cn1. The van der Waals surface area contributed by atoms with Crippen LogP contribution in [0.5, 0.6) is 0 Å². The van der Waals surface area contributed by atoms with Gasteiger partial charge >= 0.3 is 0 Å². The van der Waals surface area contributed by atoms with E-state index < -0.39 is 0 Å². The van der Waals surface area contributed by atoms with E-state index in [4.69, 9.17) is 0 Å². The number of amides is 1. The third kappa shape index (κ3) is 4.36. The van der Waals surface area contributed by atoms with Crippen LogP contribution in [0.2, 0.25) is 0 Å². The van der Waals surface area contributed by atoms with E-state index >= 15 is 0 Å². The molecule has 0 saturated carbocycles. The Kier molecular flexibility index (Phi) is 5.40. The second kappa shape index (κ2) is 7.50. The normalized spacial score (nSPS) is 11.9. The Bertz CT molecular complexity index is 570. The molecular weight excluding hydrogens is 266 g/mol. The van der Waals surface area contributed by atoms with Crippen LogP contribution in [-0.2, 0) is 0 Å². The minimum Gasteiger partial charge on any atom is -0.396 e. The number of hydrogen-bond acceptors (Lipinski definition) is 4. The molecule has 0 aliphatic rings. The van der Waals surface area contributed by atoms with Crippen LogP contribution in [0.3, 0.4) is 0 Å². The zero-order valence-electron chi connectivity index (χ0n) is 12.0. The summed E-state index contributed by atoms with van der Waals surface area (Å²) in [6.07, 6.45) is 3.63. The van der Waals surface area contributed by atoms with Gasteiger partial charge in [-0.25, -0.2) is 4.98 Å². The standard InChI is InChI=1S/C16H19N3O2/c1-12-9-18-15(11-17-12)16(21)19-10-14(7-8-20)13-5-3-2-4-6-13/h2-6,9,11,14,20H,7-8,10H2,1H3,(H,19,21). The van der Waals surface area contributed by atoms with Gasteiger partial charge in [0.2, 0.25) is 0 Å². The smallest absolute Gasteiger partial charge is 0.271 e. The van der Waals surface area contributed by atoms with Gasteiger partial charge in [-0.1, -0.05) is 30.3 Å². The molecule has 0 fully saturated rings. The van der Waals surface area contributed by atoms with E-state index in [1.165, 1.54) is 6.20 Å². The average molecular weight is 285 g/mol. The molecule has 1 amide bonds. The first kappa shape index (κ1) is 15.1. The number of carbonyl (C=O) groups excluding carboxylic acids is 1. The van der Waals surface area contributed by atoms with Crippen LogP contribution in [0.4, 0.5) is 0 Å². The lowest BCUT2D eigenvalue weighted by molar-refractivity contribution is 0.0944. The van der Waals surface area contributed by atoms with Gasteiger partial charge in [-0.2, -0.15) is 0 Å². The molecule has 0 saturated heterocycles. The molecular formula is C16H19N3O2. The van der Waals surface area contributed by atoms with Crippen LogP contribution in [0.1, 0.15) is 34.1 Å². The number of hydrogen-bond donors (Lipinski definition) is 2. The molecule has 0 aliphatic carbocycles. The van der Waals surface area contributed by atoms with Crippen LogP contribution < -0.4 is 5.32 Å². The van der Waals surface area contributed by atoms with Crippen molar-refractivity contribution in [3.05, 3.63) is 59.7 Å². The van der Waals surface area contributed by atoms with E-state index in [0.29, 0.717) is 18.7 Å². The molecule has 2 aromatic rings. The second-order valence-electron chi connectivity index (χ2n) is 4.87. The highest BCUT2D eigenvalue weighted by Crippen LogP contribution is 2.18. The first-order valence-corrected chi connectivity index (χ1v) is 6.93. The largest absolute Gasteiger partial charge is 0.396 e. The molecule has 1 heterocycles. The number of aliphatic hydroxyl groups is 1. The summed E-state index contributed by atoms with van der Waals surface area (Å²) in [4.78, 5) is 20.1. The van der Waals surface area contributed by atoms with Gasteiger partial charge in [-0.3, -0.25) is 9.78 Å². The van der Waals surface area contributed by atoms with Crippen molar-refractivity contribution in [2.45, 2.75) is 19.3 Å². The molecule has 0 radical (unpaired) electrons. The number of benzene rings is 1. The summed E-state index contributed by atoms with van der Waals surface area (Å²) in [7, 11) is 0. The number of nitrogens with zero attached hydrogens (tertiary/aromatic N) is 2. The number of nitrogens with one attached hydrogen (secondary N) is 1. The van der Waals surface area contributed by atoms with Crippen molar-refractivity contribution in [1.82, 2.24) is 15.3 Å². The minimum absolute atomic E-state index is 0.0820. The highest BCUT2D eigenvalue weighted by Gasteiger charge is 2.14. The number of rotatable bonds is 6. The molecule has 110 valence electrons. The topological polar surface area (TPSA) is 75.1 Å². The van der Waals surface area contributed by atoms with Crippen LogP contribution in [-0.4, -0.2) is 34.1 Å². The monoisotopic (exact) mass is 285 g/mol. The Balaban J connectivity index is 1.98. The van der Waals surface area contributed by atoms with E-state index in [2.05, 4.69) is 15.3 Å². The Labute approximate surface area is 124 Å². The maximum atomic E-state index is 12.0. The van der Waals surface area contributed by atoms with Gasteiger partial charge in [0.15, 0.2) is 0 Å². The van der Waals surface area contributed by atoms with Gasteiger partial charge in [0.1, 0.15) is 5.69 Å². The molecule has 1 aromatic heterocycles. The van der Waals surface area contributed by atoms with Crippen LogP contribution in [0, 0.1) is 6.92 Å². The van der Waals surface area contributed by atoms with Gasteiger partial charge in [-0.05, 0) is 18.9 Å². The van der Waals surface area contributed by atoms with Crippen molar-refractivity contribution >= 4 is 5.91 Å². The molecule has 1 unspecified atom stereocenters. The predicted molar refractivity (Wildman–Crippen MR) is 80.0 cm³/mol. The van der Waals surface area contributed by atoms with Crippen molar-refractivity contribution in [2.75, 3.05) is 13.2 Å². The number of aliphatic hydroxyl groups excluding tert-OH is 1. The van der Waals surface area contributed by atoms with E-state index in [0.717, 1.165) is 11.3 Å². The van der Waals surface area contributed by atoms with Crippen molar-refractivity contribution in [3.63, 3.8) is 0 Å². The number of aryl methyl sites for hydroxylation is 1. The summed E-state index contributed by atoms with van der Waals surface area (Å²) in [5.41, 5.74) is 2.17. The van der Waals surface area contributed by atoms with Crippen molar-refractivity contribution < 1.29 is 9.90 Å². The molecule has 5 heteroatoms. The summed E-state index contributed by atoms with van der Waals surface area (Å²) >= 11 is 0. The van der Waals surface area contributed by atoms with Gasteiger partial charge < -0.3 is 10.4 Å². The summed E-state index contributed by atoms with van der Waals surface area (Å²) in [5, 5.41) is 12.0. The van der Waals surface area contributed by atoms with Gasteiger partial charge in [0, 0.05) is 25.3 Å². The van der Waals surface area contributed by atoms with E-state index in [1.54, 1.807) is 6.20 Å². The third-order valence-corrected chi connectivity index (χ3v) is 3.27. The van der Waals surface area contributed by atoms with Crippen LogP contribution in [0.25, 0.3) is 0 Å². The third-order valence-electron chi connectivity index (χ3n) is 3.27. The molecule has 1 aromatic carbocycles. The summed E-state index contributed by atoms with van der Waals surface area (Å²) in [6.45, 7) is 2.36. The lowest BCUT2D eigenvalue weighted by Gasteiger charge is -2.17. The molecule has 5 nitrogen and oxygen atoms in total. The average Bonchev–Trinajstić information content (AvgIpc) is 2.52. The maximum Gasteiger partial charge on any atom is 0.271 e. The molecule has 21 heavy (non-hydrogen) atoms. The highest BCUT2D eigenvalue weighted by molar-refractivity contribution is 5.91. The first-order chi connectivity index (χ1) is 10.2. The zero-order chi connectivity index (χ0) is 15.1. The lowest BCUT2D eigenvalue weighted by Crippen LogP contribution is -2.29. The Morgan fingerprint density at radius 2 is 2.00 bits per heavy atom. The molecule has 0 aliphatic heterocycles. The van der Waals surface area contributed by atoms with E-state index in [1.807, 2.05) is 37.3 Å². The van der Waals surface area contributed by atoms with Gasteiger partial charge in [0.05, 0.1) is 11.9 Å². The molecule has 1 atom stereocenters. The van der Waals surface area contributed by atoms with Crippen molar-refractivity contribution in [2.24, 2.45) is 0 Å². The predicted octanol–water partition coefficient (Wildman–Crippen LogP) is 1.68. The zero-order valence-corrected chi connectivity index (χ0v) is 12.0. The molecule has 0 bridgehead atoms. The highest BCUT2D eigenvalue weighted by atomic mass is 16.3. The summed E-state index contributed by atoms with van der Waals surface area (Å²) < 4.78 is 0. The van der Waals surface area contributed by atoms with E-state index in [-0.39, 0.29) is 18.4 Å². The minimum atomic E-state index is -0.249. The van der Waals surface area contributed by atoms with Crippen LogP contribution in [0.15, 0.2) is 42.7 Å². The van der Waals surface area contributed by atoms with Gasteiger partial charge in [0.25, 0.3) is 5.91 Å². The van der Waals surface area contributed by atoms with E-state index in [9.17, 15) is 9.90 Å². The fourth-order valence-corrected chi connectivity index (χ4v) is 2.08. The first-order valence-electron chi connectivity index (χ1n) is 6.93.